The van der Waals surface area contributed by atoms with Crippen LogP contribution in [0.25, 0.3) is 0 Å². The Balaban J connectivity index is 2.07. The fourth-order valence-corrected chi connectivity index (χ4v) is 2.96. The highest BCUT2D eigenvalue weighted by molar-refractivity contribution is 5.32. The first kappa shape index (κ1) is 11.7. The molecule has 2 unspecified atom stereocenters. The highest BCUT2D eigenvalue weighted by atomic mass is 14.9. The van der Waals surface area contributed by atoms with E-state index in [9.17, 15) is 0 Å². The number of fused-ring (bicyclic) bond motifs is 1. The molecular weight excluding hydrogens is 194 g/mol. The maximum atomic E-state index is 3.52. The number of rotatable bonds is 4. The van der Waals surface area contributed by atoms with Crippen molar-refractivity contribution >= 4 is 0 Å². The van der Waals surface area contributed by atoms with Gasteiger partial charge in [-0.3, -0.25) is 0 Å². The van der Waals surface area contributed by atoms with Gasteiger partial charge in [0, 0.05) is 6.04 Å². The summed E-state index contributed by atoms with van der Waals surface area (Å²) in [5.41, 5.74) is 3.20. The summed E-state index contributed by atoms with van der Waals surface area (Å²) in [4.78, 5) is 0. The van der Waals surface area contributed by atoms with Crippen molar-refractivity contribution in [2.24, 2.45) is 0 Å². The third kappa shape index (κ3) is 2.65. The quantitative estimate of drug-likeness (QED) is 0.814. The Labute approximate surface area is 99.3 Å². The summed E-state index contributed by atoms with van der Waals surface area (Å²) >= 11 is 0. The summed E-state index contributed by atoms with van der Waals surface area (Å²) in [5, 5.41) is 3.52. The first-order chi connectivity index (χ1) is 7.81. The first-order valence-electron chi connectivity index (χ1n) is 6.62. The zero-order chi connectivity index (χ0) is 11.4. The SMILES string of the molecule is CCNC(C)CC1CCCc2ccccc21. The van der Waals surface area contributed by atoms with Crippen molar-refractivity contribution in [2.45, 2.75) is 51.5 Å². The van der Waals surface area contributed by atoms with Gasteiger partial charge in [-0.25, -0.2) is 0 Å². The average Bonchev–Trinajstić information content (AvgIpc) is 2.30. The van der Waals surface area contributed by atoms with Crippen molar-refractivity contribution < 1.29 is 0 Å². The number of hydrogen-bond acceptors (Lipinski definition) is 1. The molecule has 2 rings (SSSR count). The monoisotopic (exact) mass is 217 g/mol. The lowest BCUT2D eigenvalue weighted by atomic mass is 9.80. The van der Waals surface area contributed by atoms with Crippen LogP contribution < -0.4 is 5.32 Å². The highest BCUT2D eigenvalue weighted by Crippen LogP contribution is 2.34. The van der Waals surface area contributed by atoms with E-state index in [0.29, 0.717) is 6.04 Å². The van der Waals surface area contributed by atoms with Gasteiger partial charge >= 0.3 is 0 Å². The van der Waals surface area contributed by atoms with Crippen molar-refractivity contribution in [1.82, 2.24) is 5.32 Å². The van der Waals surface area contributed by atoms with Gasteiger partial charge in [-0.05, 0) is 56.2 Å². The van der Waals surface area contributed by atoms with Crippen LogP contribution in [0.5, 0.6) is 0 Å². The predicted molar refractivity (Wildman–Crippen MR) is 69.9 cm³/mol. The Hall–Kier alpha value is -0.820. The molecule has 0 heterocycles. The molecule has 0 saturated heterocycles. The molecule has 88 valence electrons. The van der Waals surface area contributed by atoms with Crippen LogP contribution in [-0.2, 0) is 6.42 Å². The van der Waals surface area contributed by atoms with Crippen LogP contribution >= 0.6 is 0 Å². The fourth-order valence-electron chi connectivity index (χ4n) is 2.96. The van der Waals surface area contributed by atoms with Crippen LogP contribution in [0.3, 0.4) is 0 Å². The van der Waals surface area contributed by atoms with Gasteiger partial charge in [0.05, 0.1) is 0 Å². The molecule has 0 aliphatic heterocycles. The van der Waals surface area contributed by atoms with E-state index in [1.807, 2.05) is 0 Å². The molecule has 1 aromatic rings. The third-order valence-electron chi connectivity index (χ3n) is 3.68. The molecule has 1 aliphatic carbocycles. The average molecular weight is 217 g/mol. The van der Waals surface area contributed by atoms with Gasteiger partial charge in [-0.2, -0.15) is 0 Å². The molecule has 1 N–H and O–H groups in total. The van der Waals surface area contributed by atoms with E-state index in [1.165, 1.54) is 25.7 Å². The van der Waals surface area contributed by atoms with Crippen molar-refractivity contribution in [3.8, 4) is 0 Å². The van der Waals surface area contributed by atoms with Crippen LogP contribution in [0, 0.1) is 0 Å². The second kappa shape index (κ2) is 5.49. The van der Waals surface area contributed by atoms with Gasteiger partial charge in [0.25, 0.3) is 0 Å². The Morgan fingerprint density at radius 1 is 1.38 bits per heavy atom. The summed E-state index contributed by atoms with van der Waals surface area (Å²) in [6, 6.07) is 9.64. The lowest BCUT2D eigenvalue weighted by Gasteiger charge is -2.28. The van der Waals surface area contributed by atoms with Crippen LogP contribution in [-0.4, -0.2) is 12.6 Å². The molecule has 0 amide bonds. The van der Waals surface area contributed by atoms with Gasteiger partial charge in [0.1, 0.15) is 0 Å². The Morgan fingerprint density at radius 2 is 2.19 bits per heavy atom. The smallest absolute Gasteiger partial charge is 0.00444 e. The third-order valence-corrected chi connectivity index (χ3v) is 3.68. The molecule has 0 spiro atoms. The fraction of sp³-hybridized carbons (Fsp3) is 0.600. The van der Waals surface area contributed by atoms with E-state index in [1.54, 1.807) is 11.1 Å². The number of hydrogen-bond donors (Lipinski definition) is 1. The molecule has 0 saturated carbocycles. The Morgan fingerprint density at radius 3 is 3.00 bits per heavy atom. The predicted octanol–water partition coefficient (Wildman–Crippen LogP) is 3.49. The van der Waals surface area contributed by atoms with Gasteiger partial charge in [-0.1, -0.05) is 31.2 Å². The first-order valence-corrected chi connectivity index (χ1v) is 6.62. The molecule has 1 heteroatoms. The summed E-state index contributed by atoms with van der Waals surface area (Å²) in [5.74, 6) is 0.777. The molecule has 1 aromatic carbocycles. The molecule has 1 aliphatic rings. The molecular formula is C15H23N. The summed E-state index contributed by atoms with van der Waals surface area (Å²) in [6.45, 7) is 5.57. The topological polar surface area (TPSA) is 12.0 Å². The molecule has 0 aromatic heterocycles. The van der Waals surface area contributed by atoms with E-state index >= 15 is 0 Å². The minimum Gasteiger partial charge on any atom is -0.315 e. The maximum absolute atomic E-state index is 3.52. The van der Waals surface area contributed by atoms with Crippen molar-refractivity contribution in [3.05, 3.63) is 35.4 Å². The second-order valence-electron chi connectivity index (χ2n) is 4.98. The number of nitrogens with one attached hydrogen (secondary N) is 1. The largest absolute Gasteiger partial charge is 0.315 e. The Bertz CT molecular complexity index is 332. The van der Waals surface area contributed by atoms with Crippen molar-refractivity contribution in [3.63, 3.8) is 0 Å². The Kier molecular flexibility index (Phi) is 4.00. The lowest BCUT2D eigenvalue weighted by molar-refractivity contribution is 0.436. The van der Waals surface area contributed by atoms with E-state index in [2.05, 4.69) is 43.4 Å². The van der Waals surface area contributed by atoms with Crippen LogP contribution in [0.4, 0.5) is 0 Å². The van der Waals surface area contributed by atoms with Gasteiger partial charge in [-0.15, -0.1) is 0 Å². The lowest BCUT2D eigenvalue weighted by Crippen LogP contribution is -2.28. The van der Waals surface area contributed by atoms with Gasteiger partial charge in [0.2, 0.25) is 0 Å². The normalized spacial score (nSPS) is 21.5. The maximum Gasteiger partial charge on any atom is 0.00444 e. The van der Waals surface area contributed by atoms with Crippen molar-refractivity contribution in [2.75, 3.05) is 6.54 Å². The second-order valence-corrected chi connectivity index (χ2v) is 4.98. The van der Waals surface area contributed by atoms with Crippen LogP contribution in [0.2, 0.25) is 0 Å². The molecule has 2 atom stereocenters. The van der Waals surface area contributed by atoms with Gasteiger partial charge in [0.15, 0.2) is 0 Å². The minimum absolute atomic E-state index is 0.640. The molecule has 0 fully saturated rings. The molecule has 0 bridgehead atoms. The summed E-state index contributed by atoms with van der Waals surface area (Å²) in [6.07, 6.45) is 5.29. The van der Waals surface area contributed by atoms with E-state index in [-0.39, 0.29) is 0 Å². The summed E-state index contributed by atoms with van der Waals surface area (Å²) in [7, 11) is 0. The van der Waals surface area contributed by atoms with Gasteiger partial charge < -0.3 is 5.32 Å². The standard InChI is InChI=1S/C15H23N/c1-3-16-12(2)11-14-9-6-8-13-7-4-5-10-15(13)14/h4-5,7,10,12,14,16H,3,6,8-9,11H2,1-2H3. The van der Waals surface area contributed by atoms with E-state index in [0.717, 1.165) is 12.5 Å². The van der Waals surface area contributed by atoms with Crippen LogP contribution in [0.15, 0.2) is 24.3 Å². The molecule has 0 radical (unpaired) electrons. The number of aryl methyl sites for hydroxylation is 1. The number of benzene rings is 1. The van der Waals surface area contributed by atoms with Crippen LogP contribution in [0.1, 0.15) is 50.2 Å². The van der Waals surface area contributed by atoms with E-state index in [4.69, 9.17) is 0 Å². The molecule has 16 heavy (non-hydrogen) atoms. The zero-order valence-electron chi connectivity index (χ0n) is 10.5. The molecule has 1 nitrogen and oxygen atoms in total. The summed E-state index contributed by atoms with van der Waals surface area (Å²) < 4.78 is 0. The van der Waals surface area contributed by atoms with E-state index < -0.39 is 0 Å². The zero-order valence-corrected chi connectivity index (χ0v) is 10.5. The highest BCUT2D eigenvalue weighted by Gasteiger charge is 2.21. The van der Waals surface area contributed by atoms with Crippen molar-refractivity contribution in [1.29, 1.82) is 0 Å². The minimum atomic E-state index is 0.640.